The van der Waals surface area contributed by atoms with Crippen molar-refractivity contribution in [3.8, 4) is 0 Å². The standard InChI is InChI=1S/C23H28ClN5O4S/c24-20-7-6-19(34-20)22(31)26-13-16-14-29(23(32)33-16)15-4-5-18(28-10-2-1-3-11-28)17(12-15)27-21(30)8-9-25/h4-7,12,16H,1-3,8-11,13-14,25H2,(H,26,31)(H,27,30). The summed E-state index contributed by atoms with van der Waals surface area (Å²) in [5, 5.41) is 5.74. The Morgan fingerprint density at radius 2 is 1.97 bits per heavy atom. The molecular formula is C23H28ClN5O4S. The number of ether oxygens (including phenoxy) is 1. The van der Waals surface area contributed by atoms with Crippen molar-refractivity contribution in [1.82, 2.24) is 5.32 Å². The molecule has 0 radical (unpaired) electrons. The van der Waals surface area contributed by atoms with Crippen molar-refractivity contribution in [2.75, 3.05) is 47.8 Å². The van der Waals surface area contributed by atoms with Crippen molar-refractivity contribution in [2.45, 2.75) is 31.8 Å². The molecule has 1 aromatic carbocycles. The first-order valence-electron chi connectivity index (χ1n) is 11.3. The molecule has 0 saturated carbocycles. The van der Waals surface area contributed by atoms with E-state index in [1.165, 1.54) is 22.7 Å². The predicted octanol–water partition coefficient (Wildman–Crippen LogP) is 3.43. The minimum Gasteiger partial charge on any atom is -0.442 e. The van der Waals surface area contributed by atoms with Crippen LogP contribution >= 0.6 is 22.9 Å². The summed E-state index contributed by atoms with van der Waals surface area (Å²) in [7, 11) is 0. The second-order valence-corrected chi connectivity index (χ2v) is 9.98. The summed E-state index contributed by atoms with van der Waals surface area (Å²) in [6.45, 7) is 2.56. The summed E-state index contributed by atoms with van der Waals surface area (Å²) < 4.78 is 5.99. The summed E-state index contributed by atoms with van der Waals surface area (Å²) in [5.41, 5.74) is 7.74. The second-order valence-electron chi connectivity index (χ2n) is 8.27. The molecule has 34 heavy (non-hydrogen) atoms. The number of nitrogens with zero attached hydrogens (tertiary/aromatic N) is 2. The van der Waals surface area contributed by atoms with Gasteiger partial charge in [0.1, 0.15) is 6.10 Å². The molecule has 11 heteroatoms. The lowest BCUT2D eigenvalue weighted by atomic mass is 10.1. The fourth-order valence-electron chi connectivity index (χ4n) is 4.12. The SMILES string of the molecule is NCCC(=O)Nc1cc(N2CC(CNC(=O)c3ccc(Cl)s3)OC2=O)ccc1N1CCCCC1. The Balaban J connectivity index is 1.46. The average molecular weight is 506 g/mol. The van der Waals surface area contributed by atoms with Gasteiger partial charge in [-0.3, -0.25) is 14.5 Å². The smallest absolute Gasteiger partial charge is 0.414 e. The topological polar surface area (TPSA) is 117 Å². The lowest BCUT2D eigenvalue weighted by Gasteiger charge is -2.31. The second kappa shape index (κ2) is 11.1. The van der Waals surface area contributed by atoms with Crippen LogP contribution < -0.4 is 26.2 Å². The fraction of sp³-hybridized carbons (Fsp3) is 0.435. The zero-order valence-corrected chi connectivity index (χ0v) is 20.3. The zero-order valence-electron chi connectivity index (χ0n) is 18.7. The number of carbonyl (C=O) groups excluding carboxylic acids is 3. The maximum Gasteiger partial charge on any atom is 0.414 e. The first kappa shape index (κ1) is 24.3. The maximum absolute atomic E-state index is 12.6. The molecule has 1 atom stereocenters. The number of halogens is 1. The highest BCUT2D eigenvalue weighted by Gasteiger charge is 2.33. The highest BCUT2D eigenvalue weighted by atomic mass is 35.5. The van der Waals surface area contributed by atoms with Gasteiger partial charge in [0.25, 0.3) is 5.91 Å². The number of piperidine rings is 1. The molecule has 2 saturated heterocycles. The van der Waals surface area contributed by atoms with Crippen LogP contribution in [0.4, 0.5) is 21.9 Å². The van der Waals surface area contributed by atoms with Crippen molar-refractivity contribution in [3.05, 3.63) is 39.5 Å². The number of thiophene rings is 1. The van der Waals surface area contributed by atoms with Crippen LogP contribution in [0.15, 0.2) is 30.3 Å². The third kappa shape index (κ3) is 5.81. The summed E-state index contributed by atoms with van der Waals surface area (Å²) in [5.74, 6) is -0.432. The Labute approximate surface area is 207 Å². The molecule has 3 amide bonds. The van der Waals surface area contributed by atoms with Gasteiger partial charge >= 0.3 is 6.09 Å². The van der Waals surface area contributed by atoms with Crippen LogP contribution in [0, 0.1) is 0 Å². The monoisotopic (exact) mass is 505 g/mol. The van der Waals surface area contributed by atoms with Crippen molar-refractivity contribution in [2.24, 2.45) is 5.73 Å². The molecule has 4 N–H and O–H groups in total. The number of nitrogens with two attached hydrogens (primary N) is 1. The van der Waals surface area contributed by atoms with Gasteiger partial charge in [-0.15, -0.1) is 11.3 Å². The first-order valence-corrected chi connectivity index (χ1v) is 12.5. The number of nitrogens with one attached hydrogen (secondary N) is 2. The van der Waals surface area contributed by atoms with E-state index in [0.29, 0.717) is 20.6 Å². The molecule has 2 fully saturated rings. The Morgan fingerprint density at radius 3 is 2.68 bits per heavy atom. The highest BCUT2D eigenvalue weighted by Crippen LogP contribution is 2.34. The van der Waals surface area contributed by atoms with E-state index in [0.717, 1.165) is 31.6 Å². The van der Waals surface area contributed by atoms with Gasteiger partial charge in [0.15, 0.2) is 0 Å². The minimum absolute atomic E-state index is 0.170. The Kier molecular flexibility index (Phi) is 7.91. The van der Waals surface area contributed by atoms with Gasteiger partial charge in [0.2, 0.25) is 5.91 Å². The van der Waals surface area contributed by atoms with Crippen molar-refractivity contribution < 1.29 is 19.1 Å². The summed E-state index contributed by atoms with van der Waals surface area (Å²) >= 11 is 7.08. The van der Waals surface area contributed by atoms with Crippen molar-refractivity contribution in [3.63, 3.8) is 0 Å². The van der Waals surface area contributed by atoms with Crippen LogP contribution in [0.1, 0.15) is 35.4 Å². The van der Waals surface area contributed by atoms with Crippen LogP contribution in [0.5, 0.6) is 0 Å². The van der Waals surface area contributed by atoms with Crippen LogP contribution in [-0.4, -0.2) is 56.7 Å². The molecule has 1 unspecified atom stereocenters. The quantitative estimate of drug-likeness (QED) is 0.506. The number of hydrogen-bond donors (Lipinski definition) is 3. The largest absolute Gasteiger partial charge is 0.442 e. The Morgan fingerprint density at radius 1 is 1.18 bits per heavy atom. The lowest BCUT2D eigenvalue weighted by molar-refractivity contribution is -0.116. The maximum atomic E-state index is 12.6. The fourth-order valence-corrected chi connectivity index (χ4v) is 5.07. The number of carbonyl (C=O) groups is 3. The zero-order chi connectivity index (χ0) is 24.1. The van der Waals surface area contributed by atoms with E-state index in [2.05, 4.69) is 15.5 Å². The Bertz CT molecular complexity index is 1060. The molecule has 4 rings (SSSR count). The number of hydrogen-bond acceptors (Lipinski definition) is 7. The van der Waals surface area contributed by atoms with E-state index in [1.54, 1.807) is 18.2 Å². The first-order chi connectivity index (χ1) is 16.4. The van der Waals surface area contributed by atoms with Gasteiger partial charge < -0.3 is 26.0 Å². The van der Waals surface area contributed by atoms with E-state index in [1.807, 2.05) is 12.1 Å². The van der Waals surface area contributed by atoms with E-state index < -0.39 is 12.2 Å². The molecule has 9 nitrogen and oxygen atoms in total. The third-order valence-corrected chi connectivity index (χ3v) is 7.03. The summed E-state index contributed by atoms with van der Waals surface area (Å²) in [4.78, 5) is 41.4. The normalized spacial score (nSPS) is 18.1. The number of rotatable bonds is 8. The molecule has 2 aliphatic heterocycles. The third-order valence-electron chi connectivity index (χ3n) is 5.80. The average Bonchev–Trinajstić information content (AvgIpc) is 3.43. The van der Waals surface area contributed by atoms with Crippen molar-refractivity contribution >= 4 is 57.9 Å². The molecule has 2 aliphatic rings. The highest BCUT2D eigenvalue weighted by molar-refractivity contribution is 7.18. The van der Waals surface area contributed by atoms with Crippen LogP contribution in [0.2, 0.25) is 4.34 Å². The predicted molar refractivity (Wildman–Crippen MR) is 134 cm³/mol. The Hall–Kier alpha value is -2.82. The molecule has 3 heterocycles. The van der Waals surface area contributed by atoms with Crippen LogP contribution in [0.25, 0.3) is 0 Å². The summed E-state index contributed by atoms with van der Waals surface area (Å²) in [6.07, 6.45) is 2.61. The van der Waals surface area contributed by atoms with Crippen molar-refractivity contribution in [1.29, 1.82) is 0 Å². The van der Waals surface area contributed by atoms with Crippen LogP contribution in [-0.2, 0) is 9.53 Å². The van der Waals surface area contributed by atoms with Gasteiger partial charge in [-0.05, 0) is 49.6 Å². The van der Waals surface area contributed by atoms with Gasteiger partial charge in [-0.2, -0.15) is 0 Å². The number of amides is 3. The molecule has 182 valence electrons. The van der Waals surface area contributed by atoms with Gasteiger partial charge in [0.05, 0.1) is 33.7 Å². The minimum atomic E-state index is -0.497. The number of benzene rings is 1. The molecule has 0 bridgehead atoms. The molecule has 0 aliphatic carbocycles. The lowest BCUT2D eigenvalue weighted by Crippen LogP contribution is -2.34. The molecular weight excluding hydrogens is 478 g/mol. The van der Waals surface area contributed by atoms with Gasteiger partial charge in [-0.25, -0.2) is 4.79 Å². The van der Waals surface area contributed by atoms with E-state index >= 15 is 0 Å². The summed E-state index contributed by atoms with van der Waals surface area (Å²) in [6, 6.07) is 8.91. The van der Waals surface area contributed by atoms with E-state index in [-0.39, 0.29) is 37.9 Å². The molecule has 2 aromatic rings. The number of cyclic esters (lactones) is 1. The van der Waals surface area contributed by atoms with Gasteiger partial charge in [-0.1, -0.05) is 11.6 Å². The van der Waals surface area contributed by atoms with Crippen LogP contribution in [0.3, 0.4) is 0 Å². The molecule has 0 spiro atoms. The van der Waals surface area contributed by atoms with E-state index in [9.17, 15) is 14.4 Å². The molecule has 1 aromatic heterocycles. The van der Waals surface area contributed by atoms with Gasteiger partial charge in [0, 0.05) is 31.7 Å². The number of anilines is 3. The van der Waals surface area contributed by atoms with E-state index in [4.69, 9.17) is 22.1 Å².